The van der Waals surface area contributed by atoms with Crippen molar-refractivity contribution in [2.24, 2.45) is 0 Å². The van der Waals surface area contributed by atoms with E-state index in [9.17, 15) is 18.0 Å². The second-order valence-electron chi connectivity index (χ2n) is 6.48. The molecule has 0 saturated carbocycles. The summed E-state index contributed by atoms with van der Waals surface area (Å²) in [6.45, 7) is 5.77. The molecule has 0 spiro atoms. The molecule has 1 amide bonds. The Bertz CT molecular complexity index is 1030. The van der Waals surface area contributed by atoms with Gasteiger partial charge < -0.3 is 5.32 Å². The normalized spacial score (nSPS) is 11.6. The molecule has 146 valence electrons. The number of aryl methyl sites for hydroxylation is 3. The highest BCUT2D eigenvalue weighted by molar-refractivity contribution is 8.00. The number of thioether (sulfide) groups is 1. The summed E-state index contributed by atoms with van der Waals surface area (Å²) in [6, 6.07) is 10.4. The minimum atomic E-state index is -4.66. The van der Waals surface area contributed by atoms with Gasteiger partial charge in [0.25, 0.3) is 0 Å². The summed E-state index contributed by atoms with van der Waals surface area (Å²) in [5.41, 5.74) is 3.87. The first kappa shape index (κ1) is 20.1. The van der Waals surface area contributed by atoms with E-state index in [-0.39, 0.29) is 22.2 Å². The minimum absolute atomic E-state index is 0.0644. The molecule has 0 aliphatic rings. The van der Waals surface area contributed by atoms with Crippen molar-refractivity contribution in [1.29, 1.82) is 0 Å². The Hall–Kier alpha value is -2.61. The average Bonchev–Trinajstić information content (AvgIpc) is 2.61. The van der Waals surface area contributed by atoms with Crippen LogP contribution in [0.2, 0.25) is 0 Å². The molecule has 0 fully saturated rings. The zero-order valence-corrected chi connectivity index (χ0v) is 16.3. The van der Waals surface area contributed by atoms with Gasteiger partial charge in [0, 0.05) is 11.1 Å². The second-order valence-corrected chi connectivity index (χ2v) is 7.44. The lowest BCUT2D eigenvalue weighted by Crippen LogP contribution is -2.16. The summed E-state index contributed by atoms with van der Waals surface area (Å²) in [6.07, 6.45) is -4.66. The molecule has 1 aromatic heterocycles. The number of para-hydroxylation sites is 1. The van der Waals surface area contributed by atoms with E-state index in [1.54, 1.807) is 18.2 Å². The van der Waals surface area contributed by atoms with Gasteiger partial charge in [-0.25, -0.2) is 9.97 Å². The van der Waals surface area contributed by atoms with Crippen LogP contribution in [0.1, 0.15) is 22.5 Å². The van der Waals surface area contributed by atoms with Crippen LogP contribution in [0.3, 0.4) is 0 Å². The van der Waals surface area contributed by atoms with Gasteiger partial charge in [-0.1, -0.05) is 47.7 Å². The van der Waals surface area contributed by atoms with Crippen LogP contribution in [0.4, 0.5) is 18.9 Å². The van der Waals surface area contributed by atoms with Crippen molar-refractivity contribution < 1.29 is 18.0 Å². The van der Waals surface area contributed by atoms with E-state index in [0.717, 1.165) is 34.1 Å². The molecule has 0 unspecified atom stereocenters. The highest BCUT2D eigenvalue weighted by atomic mass is 32.2. The zero-order valence-electron chi connectivity index (χ0n) is 15.5. The average molecular weight is 405 g/mol. The van der Waals surface area contributed by atoms with Gasteiger partial charge >= 0.3 is 6.18 Å². The van der Waals surface area contributed by atoms with Gasteiger partial charge in [0.2, 0.25) is 11.7 Å². The molecule has 0 aliphatic carbocycles. The van der Waals surface area contributed by atoms with Crippen molar-refractivity contribution in [2.75, 3.05) is 11.1 Å². The maximum atomic E-state index is 13.1. The third kappa shape index (κ3) is 4.44. The van der Waals surface area contributed by atoms with E-state index >= 15 is 0 Å². The lowest BCUT2D eigenvalue weighted by Gasteiger charge is -2.13. The number of carbonyl (C=O) groups excluding carboxylic acids is 1. The standard InChI is InChI=1S/C20H18F3N3OS/c1-11-8-12(2)17(13(3)9-11)25-16(27)10-28-18-14-6-4-5-7-15(14)24-19(26-18)20(21,22)23/h4-9H,10H2,1-3H3,(H,25,27). The van der Waals surface area contributed by atoms with Crippen LogP contribution in [-0.2, 0) is 11.0 Å². The largest absolute Gasteiger partial charge is 0.451 e. The number of aromatic nitrogens is 2. The number of halogens is 3. The fourth-order valence-electron chi connectivity index (χ4n) is 2.97. The number of hydrogen-bond donors (Lipinski definition) is 1. The summed E-state index contributed by atoms with van der Waals surface area (Å²) in [5, 5.41) is 3.46. The predicted molar refractivity (Wildman–Crippen MR) is 105 cm³/mol. The smallest absolute Gasteiger partial charge is 0.325 e. The predicted octanol–water partition coefficient (Wildman–Crippen LogP) is 5.30. The molecule has 0 saturated heterocycles. The summed E-state index contributed by atoms with van der Waals surface area (Å²) >= 11 is 0.959. The molecule has 0 aliphatic heterocycles. The Morgan fingerprint density at radius 3 is 2.36 bits per heavy atom. The number of benzene rings is 2. The maximum absolute atomic E-state index is 13.1. The second kappa shape index (κ2) is 7.79. The summed E-state index contributed by atoms with van der Waals surface area (Å²) < 4.78 is 39.3. The lowest BCUT2D eigenvalue weighted by molar-refractivity contribution is -0.145. The van der Waals surface area contributed by atoms with Crippen LogP contribution < -0.4 is 5.32 Å². The van der Waals surface area contributed by atoms with Crippen molar-refractivity contribution in [3.05, 3.63) is 58.9 Å². The maximum Gasteiger partial charge on any atom is 0.451 e. The van der Waals surface area contributed by atoms with Crippen molar-refractivity contribution in [2.45, 2.75) is 32.0 Å². The van der Waals surface area contributed by atoms with Gasteiger partial charge in [-0.15, -0.1) is 0 Å². The Morgan fingerprint density at radius 1 is 1.07 bits per heavy atom. The number of alkyl halides is 3. The van der Waals surface area contributed by atoms with Crippen molar-refractivity contribution >= 4 is 34.3 Å². The molecule has 3 aromatic rings. The molecular formula is C20H18F3N3OS. The fourth-order valence-corrected chi connectivity index (χ4v) is 3.79. The number of hydrogen-bond acceptors (Lipinski definition) is 4. The number of nitrogens with zero attached hydrogens (tertiary/aromatic N) is 2. The monoisotopic (exact) mass is 405 g/mol. The number of carbonyl (C=O) groups is 1. The van der Waals surface area contributed by atoms with E-state index < -0.39 is 12.0 Å². The molecule has 0 bridgehead atoms. The van der Waals surface area contributed by atoms with Crippen molar-refractivity contribution in [3.8, 4) is 0 Å². The zero-order chi connectivity index (χ0) is 20.5. The van der Waals surface area contributed by atoms with Crippen molar-refractivity contribution in [1.82, 2.24) is 9.97 Å². The summed E-state index contributed by atoms with van der Waals surface area (Å²) in [7, 11) is 0. The van der Waals surface area contributed by atoms with Crippen LogP contribution in [0.25, 0.3) is 10.9 Å². The van der Waals surface area contributed by atoms with Crippen molar-refractivity contribution in [3.63, 3.8) is 0 Å². The van der Waals surface area contributed by atoms with Crippen LogP contribution in [0.5, 0.6) is 0 Å². The quantitative estimate of drug-likeness (QED) is 0.472. The van der Waals surface area contributed by atoms with Gasteiger partial charge in [0.05, 0.1) is 11.3 Å². The number of anilines is 1. The van der Waals surface area contributed by atoms with Crippen LogP contribution >= 0.6 is 11.8 Å². The van der Waals surface area contributed by atoms with Gasteiger partial charge in [-0.2, -0.15) is 13.2 Å². The Morgan fingerprint density at radius 2 is 1.71 bits per heavy atom. The molecule has 0 atom stereocenters. The molecular weight excluding hydrogens is 387 g/mol. The van der Waals surface area contributed by atoms with Gasteiger partial charge in [-0.3, -0.25) is 4.79 Å². The lowest BCUT2D eigenvalue weighted by atomic mass is 10.1. The summed E-state index contributed by atoms with van der Waals surface area (Å²) in [4.78, 5) is 19.6. The van der Waals surface area contributed by atoms with Gasteiger partial charge in [0.15, 0.2) is 0 Å². The molecule has 28 heavy (non-hydrogen) atoms. The van der Waals surface area contributed by atoms with E-state index in [1.165, 1.54) is 6.07 Å². The molecule has 8 heteroatoms. The third-order valence-corrected chi connectivity index (χ3v) is 5.09. The van der Waals surface area contributed by atoms with Crippen LogP contribution in [0, 0.1) is 20.8 Å². The molecule has 1 N–H and O–H groups in total. The Kier molecular flexibility index (Phi) is 5.60. The molecule has 4 nitrogen and oxygen atoms in total. The summed E-state index contributed by atoms with van der Waals surface area (Å²) in [5.74, 6) is -1.58. The van der Waals surface area contributed by atoms with E-state index in [4.69, 9.17) is 0 Å². The first-order valence-electron chi connectivity index (χ1n) is 8.49. The first-order chi connectivity index (χ1) is 13.1. The van der Waals surface area contributed by atoms with E-state index in [1.807, 2.05) is 32.9 Å². The Balaban J connectivity index is 1.83. The molecule has 2 aromatic carbocycles. The number of fused-ring (bicyclic) bond motifs is 1. The van der Waals surface area contributed by atoms with E-state index in [2.05, 4.69) is 15.3 Å². The molecule has 0 radical (unpaired) electrons. The highest BCUT2D eigenvalue weighted by Crippen LogP contribution is 2.32. The number of amides is 1. The minimum Gasteiger partial charge on any atom is -0.325 e. The van der Waals surface area contributed by atoms with Crippen LogP contribution in [0.15, 0.2) is 41.4 Å². The Labute approximate surface area is 164 Å². The first-order valence-corrected chi connectivity index (χ1v) is 9.48. The number of nitrogens with one attached hydrogen (secondary N) is 1. The number of rotatable bonds is 4. The van der Waals surface area contributed by atoms with Crippen LogP contribution in [-0.4, -0.2) is 21.6 Å². The fraction of sp³-hybridized carbons (Fsp3) is 0.250. The highest BCUT2D eigenvalue weighted by Gasteiger charge is 2.35. The molecule has 1 heterocycles. The third-order valence-electron chi connectivity index (χ3n) is 4.10. The van der Waals surface area contributed by atoms with E-state index in [0.29, 0.717) is 5.39 Å². The van der Waals surface area contributed by atoms with Gasteiger partial charge in [0.1, 0.15) is 5.03 Å². The SMILES string of the molecule is Cc1cc(C)c(NC(=O)CSc2nc(C(F)(F)F)nc3ccccc23)c(C)c1. The topological polar surface area (TPSA) is 54.9 Å². The molecule has 3 rings (SSSR count). The van der Waals surface area contributed by atoms with Gasteiger partial charge in [-0.05, 0) is 38.0 Å².